The largest absolute Gasteiger partial charge is 0.545 e. The number of morpholine rings is 1. The van der Waals surface area contributed by atoms with E-state index in [1.807, 2.05) is 0 Å². The van der Waals surface area contributed by atoms with Crippen molar-refractivity contribution in [2.45, 2.75) is 0 Å². The second-order valence-corrected chi connectivity index (χ2v) is 2.60. The average molecular weight is 200 g/mol. The molecule has 1 heterocycles. The van der Waals surface area contributed by atoms with Crippen LogP contribution < -0.4 is 5.11 Å². The summed E-state index contributed by atoms with van der Waals surface area (Å²) in [6, 6.07) is 0. The number of carboxylic acid groups (broad SMARTS) is 1. The number of hydroxylamine groups is 2. The standard InChI is InChI=1S/C8H11NO5/c10-7(11)1-2-8(12)14-9-3-5-13-6-4-9/h1-2H,3-6H2,(H,10,11)/p-1/b2-1+. The van der Waals surface area contributed by atoms with E-state index in [0.29, 0.717) is 32.4 Å². The van der Waals surface area contributed by atoms with Crippen LogP contribution in [-0.4, -0.2) is 43.3 Å². The molecular weight excluding hydrogens is 190 g/mol. The summed E-state index contributed by atoms with van der Waals surface area (Å²) in [6.45, 7) is 1.98. The van der Waals surface area contributed by atoms with Crippen molar-refractivity contribution >= 4 is 11.9 Å². The quantitative estimate of drug-likeness (QED) is 0.494. The zero-order valence-electron chi connectivity index (χ0n) is 7.47. The van der Waals surface area contributed by atoms with Gasteiger partial charge in [-0.1, -0.05) is 0 Å². The van der Waals surface area contributed by atoms with Gasteiger partial charge in [0.25, 0.3) is 0 Å². The van der Waals surface area contributed by atoms with Crippen molar-refractivity contribution in [3.63, 3.8) is 0 Å². The number of ether oxygens (including phenoxy) is 1. The van der Waals surface area contributed by atoms with Crippen LogP contribution in [-0.2, 0) is 19.2 Å². The molecule has 6 heteroatoms. The number of hydrogen-bond acceptors (Lipinski definition) is 6. The third kappa shape index (κ3) is 4.01. The van der Waals surface area contributed by atoms with E-state index in [-0.39, 0.29) is 0 Å². The van der Waals surface area contributed by atoms with Gasteiger partial charge in [0.2, 0.25) is 0 Å². The van der Waals surface area contributed by atoms with Gasteiger partial charge in [-0.05, 0) is 6.08 Å². The summed E-state index contributed by atoms with van der Waals surface area (Å²) in [5.41, 5.74) is 0. The molecule has 0 amide bonds. The lowest BCUT2D eigenvalue weighted by Crippen LogP contribution is -2.37. The van der Waals surface area contributed by atoms with Gasteiger partial charge in [0, 0.05) is 6.08 Å². The highest BCUT2D eigenvalue weighted by atomic mass is 16.7. The summed E-state index contributed by atoms with van der Waals surface area (Å²) >= 11 is 0. The van der Waals surface area contributed by atoms with E-state index < -0.39 is 11.9 Å². The maximum atomic E-state index is 10.9. The van der Waals surface area contributed by atoms with Gasteiger partial charge in [0.05, 0.1) is 32.3 Å². The van der Waals surface area contributed by atoms with Crippen LogP contribution in [0.4, 0.5) is 0 Å². The minimum Gasteiger partial charge on any atom is -0.545 e. The molecule has 1 rings (SSSR count). The Morgan fingerprint density at radius 2 is 1.93 bits per heavy atom. The zero-order valence-corrected chi connectivity index (χ0v) is 7.47. The molecule has 0 N–H and O–H groups in total. The van der Waals surface area contributed by atoms with E-state index >= 15 is 0 Å². The first-order valence-corrected chi connectivity index (χ1v) is 4.12. The summed E-state index contributed by atoms with van der Waals surface area (Å²) in [7, 11) is 0. The molecule has 1 fully saturated rings. The molecule has 0 radical (unpaired) electrons. The van der Waals surface area contributed by atoms with Gasteiger partial charge in [-0.2, -0.15) is 0 Å². The Kier molecular flexibility index (Phi) is 4.09. The van der Waals surface area contributed by atoms with Crippen LogP contribution >= 0.6 is 0 Å². The zero-order chi connectivity index (χ0) is 10.4. The highest BCUT2D eigenvalue weighted by molar-refractivity contribution is 5.89. The highest BCUT2D eigenvalue weighted by Crippen LogP contribution is 1.98. The van der Waals surface area contributed by atoms with E-state index in [4.69, 9.17) is 9.57 Å². The topological polar surface area (TPSA) is 78.9 Å². The van der Waals surface area contributed by atoms with Crippen molar-refractivity contribution in [1.29, 1.82) is 0 Å². The molecule has 78 valence electrons. The Morgan fingerprint density at radius 1 is 1.29 bits per heavy atom. The first-order chi connectivity index (χ1) is 6.68. The molecule has 0 aliphatic carbocycles. The van der Waals surface area contributed by atoms with E-state index in [2.05, 4.69) is 0 Å². The van der Waals surface area contributed by atoms with Gasteiger partial charge in [-0.3, -0.25) is 0 Å². The number of carbonyl (C=O) groups excluding carboxylic acids is 2. The van der Waals surface area contributed by atoms with Crippen molar-refractivity contribution in [1.82, 2.24) is 5.06 Å². The summed E-state index contributed by atoms with van der Waals surface area (Å²) in [6.07, 6.45) is 1.44. The summed E-state index contributed by atoms with van der Waals surface area (Å²) in [5, 5.41) is 11.4. The third-order valence-electron chi connectivity index (χ3n) is 1.54. The second kappa shape index (κ2) is 5.36. The fraction of sp³-hybridized carbons (Fsp3) is 0.500. The van der Waals surface area contributed by atoms with Gasteiger partial charge in [-0.15, -0.1) is 5.06 Å². The predicted octanol–water partition coefficient (Wildman–Crippen LogP) is -1.92. The Morgan fingerprint density at radius 3 is 2.50 bits per heavy atom. The molecule has 1 aliphatic heterocycles. The van der Waals surface area contributed by atoms with Gasteiger partial charge >= 0.3 is 5.97 Å². The van der Waals surface area contributed by atoms with Crippen LogP contribution in [0.1, 0.15) is 0 Å². The van der Waals surface area contributed by atoms with Crippen LogP contribution in [0.2, 0.25) is 0 Å². The maximum Gasteiger partial charge on any atom is 0.349 e. The fourth-order valence-corrected chi connectivity index (χ4v) is 0.932. The number of carboxylic acids is 1. The van der Waals surface area contributed by atoms with Crippen LogP contribution in [0.25, 0.3) is 0 Å². The molecule has 0 unspecified atom stereocenters. The second-order valence-electron chi connectivity index (χ2n) is 2.60. The van der Waals surface area contributed by atoms with Gasteiger partial charge < -0.3 is 19.5 Å². The monoisotopic (exact) mass is 200 g/mol. The lowest BCUT2D eigenvalue weighted by molar-refractivity contribution is -0.297. The molecule has 1 saturated heterocycles. The minimum atomic E-state index is -1.43. The molecular formula is C8H10NO5-. The van der Waals surface area contributed by atoms with Gasteiger partial charge in [-0.25, -0.2) is 4.79 Å². The Hall–Kier alpha value is -1.40. The average Bonchev–Trinajstić information content (AvgIpc) is 2.16. The molecule has 0 aromatic rings. The minimum absolute atomic E-state index is 0.491. The number of hydrogen-bond donors (Lipinski definition) is 0. The van der Waals surface area contributed by atoms with Crippen LogP contribution in [0.5, 0.6) is 0 Å². The number of carbonyl (C=O) groups is 2. The molecule has 0 saturated carbocycles. The van der Waals surface area contributed by atoms with Crippen molar-refractivity contribution in [3.8, 4) is 0 Å². The summed E-state index contributed by atoms with van der Waals surface area (Å²) in [4.78, 5) is 25.7. The Balaban J connectivity index is 2.28. The number of aliphatic carboxylic acids is 1. The molecule has 14 heavy (non-hydrogen) atoms. The van der Waals surface area contributed by atoms with Crippen molar-refractivity contribution in [3.05, 3.63) is 12.2 Å². The van der Waals surface area contributed by atoms with Crippen LogP contribution in [0, 0.1) is 0 Å². The molecule has 0 spiro atoms. The Labute approximate surface area is 80.7 Å². The van der Waals surface area contributed by atoms with E-state index in [1.54, 1.807) is 0 Å². The van der Waals surface area contributed by atoms with Crippen molar-refractivity contribution in [2.75, 3.05) is 26.3 Å². The molecule has 0 atom stereocenters. The van der Waals surface area contributed by atoms with Crippen LogP contribution in [0.3, 0.4) is 0 Å². The summed E-state index contributed by atoms with van der Waals surface area (Å²) < 4.78 is 5.02. The number of nitrogens with zero attached hydrogens (tertiary/aromatic N) is 1. The van der Waals surface area contributed by atoms with Crippen LogP contribution in [0.15, 0.2) is 12.2 Å². The SMILES string of the molecule is O=C([O-])/C=C/C(=O)ON1CCOCC1. The molecule has 0 aromatic carbocycles. The highest BCUT2D eigenvalue weighted by Gasteiger charge is 2.13. The van der Waals surface area contributed by atoms with Gasteiger partial charge in [0.1, 0.15) is 0 Å². The van der Waals surface area contributed by atoms with Gasteiger partial charge in [0.15, 0.2) is 0 Å². The lowest BCUT2D eigenvalue weighted by atomic mass is 10.5. The molecule has 0 bridgehead atoms. The van der Waals surface area contributed by atoms with Crippen molar-refractivity contribution in [2.24, 2.45) is 0 Å². The van der Waals surface area contributed by atoms with Crippen molar-refractivity contribution < 1.29 is 24.3 Å². The molecule has 6 nitrogen and oxygen atoms in total. The smallest absolute Gasteiger partial charge is 0.349 e. The maximum absolute atomic E-state index is 10.9. The van der Waals surface area contributed by atoms with E-state index in [9.17, 15) is 14.7 Å². The van der Waals surface area contributed by atoms with E-state index in [1.165, 1.54) is 5.06 Å². The van der Waals surface area contributed by atoms with E-state index in [0.717, 1.165) is 6.08 Å². The summed E-state index contributed by atoms with van der Waals surface area (Å²) in [5.74, 6) is -2.15. The Bertz CT molecular complexity index is 244. The fourth-order valence-electron chi connectivity index (χ4n) is 0.932. The lowest BCUT2D eigenvalue weighted by Gasteiger charge is -2.24. The first kappa shape index (κ1) is 10.7. The molecule has 0 aromatic heterocycles. The normalized spacial score (nSPS) is 18.3. The number of rotatable bonds is 3. The first-order valence-electron chi connectivity index (χ1n) is 4.12. The third-order valence-corrected chi connectivity index (χ3v) is 1.54. The predicted molar refractivity (Wildman–Crippen MR) is 42.6 cm³/mol. The molecule has 1 aliphatic rings.